The van der Waals surface area contributed by atoms with Gasteiger partial charge in [0.2, 0.25) is 0 Å². The Morgan fingerprint density at radius 2 is 2.04 bits per heavy atom. The summed E-state index contributed by atoms with van der Waals surface area (Å²) >= 11 is 0. The lowest BCUT2D eigenvalue weighted by molar-refractivity contribution is 0.0759. The van der Waals surface area contributed by atoms with Crippen molar-refractivity contribution in [3.05, 3.63) is 47.2 Å². The fraction of sp³-hybridized carbons (Fsp3) is 0.550. The molecule has 2 heterocycles. The van der Waals surface area contributed by atoms with Gasteiger partial charge in [-0.2, -0.15) is 0 Å². The summed E-state index contributed by atoms with van der Waals surface area (Å²) in [6.45, 7) is 5.62. The summed E-state index contributed by atoms with van der Waals surface area (Å²) in [5.41, 5.74) is 2.93. The second-order valence-electron chi connectivity index (χ2n) is 7.14. The highest BCUT2D eigenvalue weighted by molar-refractivity contribution is 5.95. The zero-order valence-electron chi connectivity index (χ0n) is 15.0. The molecule has 0 bridgehead atoms. The van der Waals surface area contributed by atoms with Gasteiger partial charge in [0, 0.05) is 25.0 Å². The van der Waals surface area contributed by atoms with Crippen molar-refractivity contribution in [1.82, 2.24) is 9.47 Å². The van der Waals surface area contributed by atoms with Crippen LogP contribution < -0.4 is 0 Å². The Balaban J connectivity index is 1.72. The van der Waals surface area contributed by atoms with Crippen LogP contribution in [0.5, 0.6) is 0 Å². The summed E-state index contributed by atoms with van der Waals surface area (Å²) in [5.74, 6) is 1.71. The Hall–Kier alpha value is -1.97. The number of furan rings is 1. The first-order chi connectivity index (χ1) is 11.6. The molecule has 24 heavy (non-hydrogen) atoms. The van der Waals surface area contributed by atoms with Crippen LogP contribution in [0.1, 0.15) is 59.6 Å². The van der Waals surface area contributed by atoms with E-state index in [-0.39, 0.29) is 5.91 Å². The van der Waals surface area contributed by atoms with Crippen LogP contribution in [0.4, 0.5) is 0 Å². The van der Waals surface area contributed by atoms with E-state index in [1.807, 2.05) is 44.0 Å². The molecule has 1 saturated carbocycles. The lowest BCUT2D eigenvalue weighted by Crippen LogP contribution is -2.32. The van der Waals surface area contributed by atoms with Gasteiger partial charge in [-0.05, 0) is 50.8 Å². The van der Waals surface area contributed by atoms with Crippen molar-refractivity contribution in [2.24, 2.45) is 5.92 Å². The maximum Gasteiger partial charge on any atom is 0.255 e. The standard InChI is InChI=1S/C20H28N2O2/c1-15-12-19(16(2)22(15)14-18-10-7-11-24-18)20(23)21(3)13-17-8-5-4-6-9-17/h7,10-12,17H,4-6,8-9,13-14H2,1-3H3. The molecule has 0 saturated heterocycles. The van der Waals surface area contributed by atoms with E-state index >= 15 is 0 Å². The zero-order valence-corrected chi connectivity index (χ0v) is 15.0. The van der Waals surface area contributed by atoms with Gasteiger partial charge in [-0.25, -0.2) is 0 Å². The summed E-state index contributed by atoms with van der Waals surface area (Å²) in [5, 5.41) is 0. The van der Waals surface area contributed by atoms with Gasteiger partial charge in [0.25, 0.3) is 5.91 Å². The summed E-state index contributed by atoms with van der Waals surface area (Å²) in [7, 11) is 1.94. The van der Waals surface area contributed by atoms with Gasteiger partial charge in [-0.3, -0.25) is 4.79 Å². The van der Waals surface area contributed by atoms with Gasteiger partial charge in [-0.1, -0.05) is 19.3 Å². The lowest BCUT2D eigenvalue weighted by atomic mass is 9.89. The van der Waals surface area contributed by atoms with E-state index in [4.69, 9.17) is 4.42 Å². The molecule has 0 aliphatic heterocycles. The molecular formula is C20H28N2O2. The van der Waals surface area contributed by atoms with Crippen LogP contribution in [0.2, 0.25) is 0 Å². The van der Waals surface area contributed by atoms with E-state index in [2.05, 4.69) is 4.57 Å². The first kappa shape index (κ1) is 16.9. The number of rotatable bonds is 5. The van der Waals surface area contributed by atoms with E-state index in [9.17, 15) is 4.79 Å². The average Bonchev–Trinajstić information content (AvgIpc) is 3.19. The first-order valence-electron chi connectivity index (χ1n) is 9.01. The molecule has 4 heteroatoms. The van der Waals surface area contributed by atoms with Gasteiger partial charge in [0.15, 0.2) is 0 Å². The largest absolute Gasteiger partial charge is 0.467 e. The van der Waals surface area contributed by atoms with Crippen LogP contribution in [0.15, 0.2) is 28.9 Å². The average molecular weight is 328 g/mol. The molecular weight excluding hydrogens is 300 g/mol. The topological polar surface area (TPSA) is 38.4 Å². The molecule has 130 valence electrons. The Bertz CT molecular complexity index is 679. The van der Waals surface area contributed by atoms with E-state index in [0.717, 1.165) is 29.3 Å². The molecule has 1 amide bonds. The Morgan fingerprint density at radius 1 is 1.29 bits per heavy atom. The van der Waals surface area contributed by atoms with Gasteiger partial charge in [0.05, 0.1) is 18.4 Å². The van der Waals surface area contributed by atoms with Crippen molar-refractivity contribution in [3.63, 3.8) is 0 Å². The highest BCUT2D eigenvalue weighted by Crippen LogP contribution is 2.25. The summed E-state index contributed by atoms with van der Waals surface area (Å²) in [6, 6.07) is 5.88. The van der Waals surface area contributed by atoms with E-state index in [1.54, 1.807) is 6.26 Å². The van der Waals surface area contributed by atoms with Crippen molar-refractivity contribution >= 4 is 5.91 Å². The minimum absolute atomic E-state index is 0.138. The normalized spacial score (nSPS) is 15.6. The van der Waals surface area contributed by atoms with Crippen molar-refractivity contribution in [2.75, 3.05) is 13.6 Å². The summed E-state index contributed by atoms with van der Waals surface area (Å²) < 4.78 is 7.60. The number of amides is 1. The van der Waals surface area contributed by atoms with Crippen molar-refractivity contribution in [1.29, 1.82) is 0 Å². The molecule has 0 aromatic carbocycles. The minimum Gasteiger partial charge on any atom is -0.467 e. The van der Waals surface area contributed by atoms with Crippen LogP contribution in [0.25, 0.3) is 0 Å². The monoisotopic (exact) mass is 328 g/mol. The third-order valence-electron chi connectivity index (χ3n) is 5.30. The number of hydrogen-bond acceptors (Lipinski definition) is 2. The SMILES string of the molecule is Cc1cc(C(=O)N(C)CC2CCCCC2)c(C)n1Cc1ccco1. The number of aryl methyl sites for hydroxylation is 1. The molecule has 1 fully saturated rings. The van der Waals surface area contributed by atoms with E-state index in [1.165, 1.54) is 32.1 Å². The van der Waals surface area contributed by atoms with Crippen molar-refractivity contribution < 1.29 is 9.21 Å². The molecule has 1 aliphatic carbocycles. The number of carbonyl (C=O) groups excluding carboxylic acids is 1. The molecule has 0 N–H and O–H groups in total. The smallest absolute Gasteiger partial charge is 0.255 e. The summed E-state index contributed by atoms with van der Waals surface area (Å²) in [4.78, 5) is 14.8. The Labute approximate surface area is 144 Å². The molecule has 2 aromatic rings. The van der Waals surface area contributed by atoms with Crippen LogP contribution in [0, 0.1) is 19.8 Å². The van der Waals surface area contributed by atoms with Gasteiger partial charge < -0.3 is 13.9 Å². The molecule has 0 spiro atoms. The van der Waals surface area contributed by atoms with Crippen LogP contribution in [-0.4, -0.2) is 29.0 Å². The maximum atomic E-state index is 12.9. The molecule has 3 rings (SSSR count). The van der Waals surface area contributed by atoms with E-state index < -0.39 is 0 Å². The van der Waals surface area contributed by atoms with Crippen LogP contribution in [0.3, 0.4) is 0 Å². The number of nitrogens with zero attached hydrogens (tertiary/aromatic N) is 2. The highest BCUT2D eigenvalue weighted by Gasteiger charge is 2.22. The van der Waals surface area contributed by atoms with E-state index in [0.29, 0.717) is 12.5 Å². The lowest BCUT2D eigenvalue weighted by Gasteiger charge is -2.27. The predicted octanol–water partition coefficient (Wildman–Crippen LogP) is 4.40. The summed E-state index contributed by atoms with van der Waals surface area (Å²) in [6.07, 6.45) is 8.18. The second kappa shape index (κ2) is 7.29. The molecule has 0 atom stereocenters. The number of hydrogen-bond donors (Lipinski definition) is 0. The molecule has 2 aromatic heterocycles. The van der Waals surface area contributed by atoms with Crippen LogP contribution in [-0.2, 0) is 6.54 Å². The predicted molar refractivity (Wildman–Crippen MR) is 95.3 cm³/mol. The molecule has 4 nitrogen and oxygen atoms in total. The molecule has 1 aliphatic rings. The van der Waals surface area contributed by atoms with Crippen molar-refractivity contribution in [3.8, 4) is 0 Å². The Kier molecular flexibility index (Phi) is 5.12. The van der Waals surface area contributed by atoms with Gasteiger partial charge in [0.1, 0.15) is 5.76 Å². The Morgan fingerprint density at radius 3 is 2.71 bits per heavy atom. The quantitative estimate of drug-likeness (QED) is 0.816. The maximum absolute atomic E-state index is 12.9. The molecule has 0 unspecified atom stereocenters. The fourth-order valence-corrected chi connectivity index (χ4v) is 3.86. The third kappa shape index (κ3) is 3.58. The van der Waals surface area contributed by atoms with Crippen LogP contribution >= 0.6 is 0 Å². The second-order valence-corrected chi connectivity index (χ2v) is 7.14. The first-order valence-corrected chi connectivity index (χ1v) is 9.01. The van der Waals surface area contributed by atoms with Crippen molar-refractivity contribution in [2.45, 2.75) is 52.5 Å². The highest BCUT2D eigenvalue weighted by atomic mass is 16.3. The molecule has 0 radical (unpaired) electrons. The zero-order chi connectivity index (χ0) is 17.1. The third-order valence-corrected chi connectivity index (χ3v) is 5.30. The number of carbonyl (C=O) groups is 1. The fourth-order valence-electron chi connectivity index (χ4n) is 3.86. The van der Waals surface area contributed by atoms with Gasteiger partial charge in [-0.15, -0.1) is 0 Å². The number of aromatic nitrogens is 1. The minimum atomic E-state index is 0.138. The van der Waals surface area contributed by atoms with Gasteiger partial charge >= 0.3 is 0 Å².